The summed E-state index contributed by atoms with van der Waals surface area (Å²) in [7, 11) is 0. The Bertz CT molecular complexity index is 634. The summed E-state index contributed by atoms with van der Waals surface area (Å²) in [5, 5.41) is 2.81. The Labute approximate surface area is 152 Å². The number of likely N-dealkylation sites (tertiary alicyclic amines) is 1. The zero-order valence-electron chi connectivity index (χ0n) is 13.8. The van der Waals surface area contributed by atoms with E-state index in [1.165, 1.54) is 4.90 Å². The molecule has 2 heterocycles. The predicted molar refractivity (Wildman–Crippen MR) is 94.1 cm³/mol. The normalized spacial score (nSPS) is 22.8. The Morgan fingerprint density at radius 2 is 1.80 bits per heavy atom. The van der Waals surface area contributed by atoms with E-state index in [9.17, 15) is 14.4 Å². The lowest BCUT2D eigenvalue weighted by Crippen LogP contribution is -2.30. The second-order valence-corrected chi connectivity index (χ2v) is 6.12. The van der Waals surface area contributed by atoms with E-state index in [0.717, 1.165) is 12.0 Å². The highest BCUT2D eigenvalue weighted by Crippen LogP contribution is 2.21. The van der Waals surface area contributed by atoms with Gasteiger partial charge in [0.15, 0.2) is 0 Å². The molecule has 0 saturated carbocycles. The highest BCUT2D eigenvalue weighted by atomic mass is 35.5. The summed E-state index contributed by atoms with van der Waals surface area (Å²) in [6.45, 7) is 0.697. The molecule has 0 radical (unpaired) electrons. The van der Waals surface area contributed by atoms with Crippen molar-refractivity contribution in [1.29, 1.82) is 0 Å². The first-order chi connectivity index (χ1) is 11.6. The Morgan fingerprint density at radius 1 is 1.16 bits per heavy atom. The van der Waals surface area contributed by atoms with Crippen LogP contribution in [0.2, 0.25) is 0 Å². The van der Waals surface area contributed by atoms with Gasteiger partial charge in [-0.05, 0) is 30.5 Å². The number of ether oxygens (including phenoxy) is 1. The molecule has 7 nitrogen and oxygen atoms in total. The van der Waals surface area contributed by atoms with Gasteiger partial charge in [-0.1, -0.05) is 12.1 Å². The molecule has 0 unspecified atom stereocenters. The van der Waals surface area contributed by atoms with E-state index in [4.69, 9.17) is 10.5 Å². The van der Waals surface area contributed by atoms with Gasteiger partial charge in [0.2, 0.25) is 11.8 Å². The quantitative estimate of drug-likeness (QED) is 0.761. The van der Waals surface area contributed by atoms with Crippen molar-refractivity contribution < 1.29 is 19.1 Å². The lowest BCUT2D eigenvalue weighted by molar-refractivity contribution is -0.139. The molecule has 3 N–H and O–H groups in total. The molecular formula is C17H22ClN3O4. The van der Waals surface area contributed by atoms with Gasteiger partial charge >= 0.3 is 0 Å². The van der Waals surface area contributed by atoms with Crippen LogP contribution in [0.25, 0.3) is 0 Å². The maximum Gasteiger partial charge on any atom is 0.253 e. The van der Waals surface area contributed by atoms with E-state index >= 15 is 0 Å². The monoisotopic (exact) mass is 367 g/mol. The minimum atomic E-state index is -0.460. The van der Waals surface area contributed by atoms with Gasteiger partial charge in [-0.2, -0.15) is 0 Å². The van der Waals surface area contributed by atoms with Gasteiger partial charge in [0.05, 0.1) is 12.6 Å². The Hall–Kier alpha value is -1.96. The molecular weight excluding hydrogens is 346 g/mol. The predicted octanol–water partition coefficient (Wildman–Crippen LogP) is 1.20. The van der Waals surface area contributed by atoms with Gasteiger partial charge in [0.1, 0.15) is 6.10 Å². The third-order valence-electron chi connectivity index (χ3n) is 4.38. The summed E-state index contributed by atoms with van der Waals surface area (Å²) in [5.41, 5.74) is 7.04. The molecule has 0 aliphatic carbocycles. The van der Waals surface area contributed by atoms with Crippen LogP contribution in [0.15, 0.2) is 24.3 Å². The molecule has 2 saturated heterocycles. The lowest BCUT2D eigenvalue weighted by atomic mass is 10.1. The average Bonchev–Trinajstić information content (AvgIpc) is 3.18. The molecule has 2 aliphatic heterocycles. The van der Waals surface area contributed by atoms with Gasteiger partial charge in [0, 0.05) is 25.1 Å². The second kappa shape index (κ2) is 8.42. The molecule has 1 aromatic rings. The minimum Gasteiger partial charge on any atom is -0.364 e. The van der Waals surface area contributed by atoms with Crippen molar-refractivity contribution >= 4 is 35.8 Å². The van der Waals surface area contributed by atoms with Crippen molar-refractivity contribution in [2.24, 2.45) is 5.73 Å². The first kappa shape index (κ1) is 19.4. The number of carbonyl (C=O) groups excluding carboxylic acids is 3. The number of amides is 3. The summed E-state index contributed by atoms with van der Waals surface area (Å²) in [4.78, 5) is 36.7. The lowest BCUT2D eigenvalue weighted by Gasteiger charge is -2.15. The average molecular weight is 368 g/mol. The molecule has 0 bridgehead atoms. The molecule has 3 rings (SSSR count). The molecule has 0 aromatic heterocycles. The van der Waals surface area contributed by atoms with E-state index in [1.54, 1.807) is 24.3 Å². The maximum absolute atomic E-state index is 12.2. The Balaban J connectivity index is 0.00000225. The van der Waals surface area contributed by atoms with E-state index in [1.807, 2.05) is 0 Å². The van der Waals surface area contributed by atoms with E-state index in [0.29, 0.717) is 18.7 Å². The van der Waals surface area contributed by atoms with Crippen LogP contribution in [-0.4, -0.2) is 41.4 Å². The summed E-state index contributed by atoms with van der Waals surface area (Å²) >= 11 is 0. The van der Waals surface area contributed by atoms with E-state index in [2.05, 4.69) is 5.32 Å². The Kier molecular flexibility index (Phi) is 6.52. The van der Waals surface area contributed by atoms with Crippen molar-refractivity contribution in [1.82, 2.24) is 4.90 Å². The van der Waals surface area contributed by atoms with Crippen LogP contribution < -0.4 is 11.1 Å². The second-order valence-electron chi connectivity index (χ2n) is 6.12. The fourth-order valence-corrected chi connectivity index (χ4v) is 2.97. The van der Waals surface area contributed by atoms with Crippen LogP contribution in [-0.2, 0) is 25.7 Å². The van der Waals surface area contributed by atoms with Crippen molar-refractivity contribution in [3.05, 3.63) is 29.8 Å². The number of hydrogen-bond donors (Lipinski definition) is 2. The van der Waals surface area contributed by atoms with E-state index < -0.39 is 6.10 Å². The number of hydrogen-bond acceptors (Lipinski definition) is 5. The maximum atomic E-state index is 12.2. The van der Waals surface area contributed by atoms with Gasteiger partial charge in [-0.15, -0.1) is 12.4 Å². The van der Waals surface area contributed by atoms with Crippen LogP contribution in [0, 0.1) is 0 Å². The number of anilines is 1. The fraction of sp³-hybridized carbons (Fsp3) is 0.471. The summed E-state index contributed by atoms with van der Waals surface area (Å²) < 4.78 is 5.56. The third-order valence-corrected chi connectivity index (χ3v) is 4.38. The van der Waals surface area contributed by atoms with Crippen LogP contribution in [0.1, 0.15) is 31.2 Å². The topological polar surface area (TPSA) is 102 Å². The highest BCUT2D eigenvalue weighted by molar-refractivity contribution is 6.01. The molecule has 2 fully saturated rings. The van der Waals surface area contributed by atoms with Crippen molar-refractivity contribution in [2.75, 3.05) is 11.9 Å². The van der Waals surface area contributed by atoms with Crippen molar-refractivity contribution in [3.8, 4) is 0 Å². The molecule has 3 amide bonds. The van der Waals surface area contributed by atoms with Gasteiger partial charge in [0.25, 0.3) is 5.91 Å². The first-order valence-electron chi connectivity index (χ1n) is 8.15. The molecule has 2 atom stereocenters. The SMILES string of the molecule is Cl.NC[C@H]1CC[C@@H](C(=O)Nc2ccc(CN3C(=O)CCC3=O)cc2)O1. The van der Waals surface area contributed by atoms with Crippen LogP contribution in [0.4, 0.5) is 5.69 Å². The number of nitrogens with two attached hydrogens (primary N) is 1. The number of benzene rings is 1. The third kappa shape index (κ3) is 4.56. The first-order valence-corrected chi connectivity index (χ1v) is 8.15. The largest absolute Gasteiger partial charge is 0.364 e. The number of halogens is 1. The van der Waals surface area contributed by atoms with Crippen LogP contribution >= 0.6 is 12.4 Å². The number of nitrogens with one attached hydrogen (secondary N) is 1. The fourth-order valence-electron chi connectivity index (χ4n) is 2.97. The summed E-state index contributed by atoms with van der Waals surface area (Å²) in [5.74, 6) is -0.445. The molecule has 8 heteroatoms. The number of nitrogens with zero attached hydrogens (tertiary/aromatic N) is 1. The zero-order chi connectivity index (χ0) is 17.1. The highest BCUT2D eigenvalue weighted by Gasteiger charge is 2.30. The molecule has 1 aromatic carbocycles. The van der Waals surface area contributed by atoms with Gasteiger partial charge < -0.3 is 15.8 Å². The number of rotatable bonds is 5. The van der Waals surface area contributed by atoms with Gasteiger partial charge in [-0.25, -0.2) is 0 Å². The summed E-state index contributed by atoms with van der Waals surface area (Å²) in [6, 6.07) is 7.11. The smallest absolute Gasteiger partial charge is 0.253 e. The van der Waals surface area contributed by atoms with E-state index in [-0.39, 0.29) is 55.6 Å². The molecule has 0 spiro atoms. The van der Waals surface area contributed by atoms with Crippen LogP contribution in [0.3, 0.4) is 0 Å². The van der Waals surface area contributed by atoms with Crippen molar-refractivity contribution in [3.63, 3.8) is 0 Å². The van der Waals surface area contributed by atoms with Gasteiger partial charge in [-0.3, -0.25) is 19.3 Å². The minimum absolute atomic E-state index is 0. The molecule has 136 valence electrons. The van der Waals surface area contributed by atoms with Crippen LogP contribution in [0.5, 0.6) is 0 Å². The summed E-state index contributed by atoms with van der Waals surface area (Å²) in [6.07, 6.45) is 1.55. The molecule has 25 heavy (non-hydrogen) atoms. The standard InChI is InChI=1S/C17H21N3O4.ClH/c18-9-13-5-6-14(24-13)17(23)19-12-3-1-11(2-4-12)10-20-15(21)7-8-16(20)22;/h1-4,13-14H,5-10,18H2,(H,19,23);1H/t13-,14+;/m1./s1. The van der Waals surface area contributed by atoms with Crippen molar-refractivity contribution in [2.45, 2.75) is 44.4 Å². The number of carbonyl (C=O) groups is 3. The Morgan fingerprint density at radius 3 is 2.36 bits per heavy atom. The zero-order valence-corrected chi connectivity index (χ0v) is 14.6. The molecule has 2 aliphatic rings. The number of imide groups is 1.